The molecule has 1 heterocycles. The molecule has 1 aliphatic rings. The lowest BCUT2D eigenvalue weighted by molar-refractivity contribution is -0.137. The van der Waals surface area contributed by atoms with Gasteiger partial charge in [-0.3, -0.25) is 4.79 Å². The second kappa shape index (κ2) is 8.19. The molecule has 1 fully saturated rings. The van der Waals surface area contributed by atoms with Crippen molar-refractivity contribution in [2.75, 3.05) is 26.3 Å². The third-order valence-corrected chi connectivity index (χ3v) is 3.58. The lowest BCUT2D eigenvalue weighted by Gasteiger charge is -2.35. The molecule has 0 aromatic heterocycles. The molecule has 1 rings (SSSR count). The molecule has 0 aromatic rings. The topological polar surface area (TPSA) is 99.1 Å². The zero-order valence-corrected chi connectivity index (χ0v) is 12.8. The Morgan fingerprint density at radius 3 is 2.48 bits per heavy atom. The summed E-state index contributed by atoms with van der Waals surface area (Å²) >= 11 is 0. The van der Waals surface area contributed by atoms with Gasteiger partial charge >= 0.3 is 12.0 Å². The maximum absolute atomic E-state index is 12.2. The molecule has 0 bridgehead atoms. The lowest BCUT2D eigenvalue weighted by Crippen LogP contribution is -2.52. The third kappa shape index (κ3) is 6.77. The van der Waals surface area contributed by atoms with E-state index in [1.54, 1.807) is 4.90 Å². The van der Waals surface area contributed by atoms with Crippen molar-refractivity contribution in [1.29, 1.82) is 0 Å². The molecule has 1 saturated heterocycles. The van der Waals surface area contributed by atoms with E-state index in [9.17, 15) is 9.59 Å². The molecule has 0 aromatic carbocycles. The van der Waals surface area contributed by atoms with Gasteiger partial charge in [-0.15, -0.1) is 0 Å². The molecule has 3 N–H and O–H groups in total. The van der Waals surface area contributed by atoms with Crippen molar-refractivity contribution in [2.45, 2.75) is 51.2 Å². The number of carboxylic acids is 1. The van der Waals surface area contributed by atoms with Gasteiger partial charge in [0, 0.05) is 25.0 Å². The van der Waals surface area contributed by atoms with Gasteiger partial charge in [0.15, 0.2) is 0 Å². The van der Waals surface area contributed by atoms with E-state index in [0.717, 1.165) is 12.8 Å². The van der Waals surface area contributed by atoms with Crippen LogP contribution in [0.1, 0.15) is 39.5 Å². The van der Waals surface area contributed by atoms with Crippen molar-refractivity contribution < 1.29 is 24.5 Å². The SMILES string of the molecule is CC(C)(CCC(=O)O)NC(=O)N1CCC(OCCO)CC1. The number of rotatable bonds is 7. The number of urea groups is 1. The Labute approximate surface area is 125 Å². The fourth-order valence-corrected chi connectivity index (χ4v) is 2.30. The molecule has 0 atom stereocenters. The average molecular weight is 302 g/mol. The molecule has 0 radical (unpaired) electrons. The number of ether oxygens (including phenoxy) is 1. The van der Waals surface area contributed by atoms with Crippen LogP contribution in [0.5, 0.6) is 0 Å². The number of piperidine rings is 1. The minimum atomic E-state index is -0.862. The molecule has 21 heavy (non-hydrogen) atoms. The standard InChI is InChI=1S/C14H26N2O5/c1-14(2,6-3-12(18)19)15-13(20)16-7-4-11(5-8-16)21-10-9-17/h11,17H,3-10H2,1-2H3,(H,15,20)(H,18,19). The van der Waals surface area contributed by atoms with Crippen LogP contribution in [-0.2, 0) is 9.53 Å². The van der Waals surface area contributed by atoms with Crippen LogP contribution in [0, 0.1) is 0 Å². The van der Waals surface area contributed by atoms with Crippen molar-refractivity contribution in [3.05, 3.63) is 0 Å². The van der Waals surface area contributed by atoms with Gasteiger partial charge in [0.25, 0.3) is 0 Å². The van der Waals surface area contributed by atoms with E-state index in [0.29, 0.717) is 26.1 Å². The van der Waals surface area contributed by atoms with Gasteiger partial charge in [-0.1, -0.05) is 0 Å². The Morgan fingerprint density at radius 2 is 1.95 bits per heavy atom. The van der Waals surface area contributed by atoms with E-state index >= 15 is 0 Å². The molecule has 0 saturated carbocycles. The molecule has 7 heteroatoms. The van der Waals surface area contributed by atoms with Crippen molar-refractivity contribution >= 4 is 12.0 Å². The number of hydrogen-bond donors (Lipinski definition) is 3. The summed E-state index contributed by atoms with van der Waals surface area (Å²) < 4.78 is 5.45. The second-order valence-corrected chi connectivity index (χ2v) is 5.99. The number of carbonyl (C=O) groups is 2. The predicted octanol–water partition coefficient (Wildman–Crippen LogP) is 0.813. The van der Waals surface area contributed by atoms with Crippen molar-refractivity contribution in [2.24, 2.45) is 0 Å². The lowest BCUT2D eigenvalue weighted by atomic mass is 9.98. The van der Waals surface area contributed by atoms with Gasteiger partial charge in [-0.05, 0) is 33.1 Å². The normalized spacial score (nSPS) is 16.8. The maximum Gasteiger partial charge on any atom is 0.317 e. The maximum atomic E-state index is 12.2. The molecular formula is C14H26N2O5. The number of amides is 2. The summed E-state index contributed by atoms with van der Waals surface area (Å²) in [6.45, 7) is 5.21. The Kier molecular flexibility index (Phi) is 6.91. The minimum absolute atomic E-state index is 0.0124. The Balaban J connectivity index is 2.34. The van der Waals surface area contributed by atoms with Gasteiger partial charge in [-0.2, -0.15) is 0 Å². The average Bonchev–Trinajstić information content (AvgIpc) is 2.43. The van der Waals surface area contributed by atoms with Crippen LogP contribution in [0.3, 0.4) is 0 Å². The van der Waals surface area contributed by atoms with Crippen LogP contribution in [0.25, 0.3) is 0 Å². The molecule has 122 valence electrons. The van der Waals surface area contributed by atoms with Gasteiger partial charge < -0.3 is 25.2 Å². The second-order valence-electron chi connectivity index (χ2n) is 5.99. The number of aliphatic hydroxyl groups excluding tert-OH is 1. The van der Waals surface area contributed by atoms with Crippen LogP contribution < -0.4 is 5.32 Å². The molecule has 2 amide bonds. The van der Waals surface area contributed by atoms with Gasteiger partial charge in [0.1, 0.15) is 0 Å². The first-order valence-electron chi connectivity index (χ1n) is 7.35. The highest BCUT2D eigenvalue weighted by Crippen LogP contribution is 2.16. The molecule has 1 aliphatic heterocycles. The zero-order valence-electron chi connectivity index (χ0n) is 12.8. The fourth-order valence-electron chi connectivity index (χ4n) is 2.30. The van der Waals surface area contributed by atoms with Gasteiger partial charge in [-0.25, -0.2) is 4.79 Å². The number of aliphatic carboxylic acids is 1. The molecule has 7 nitrogen and oxygen atoms in total. The minimum Gasteiger partial charge on any atom is -0.481 e. The summed E-state index contributed by atoms with van der Waals surface area (Å²) in [5.74, 6) is -0.862. The first-order valence-corrected chi connectivity index (χ1v) is 7.35. The highest BCUT2D eigenvalue weighted by atomic mass is 16.5. The Hall–Kier alpha value is -1.34. The summed E-state index contributed by atoms with van der Waals surface area (Å²) in [6, 6.07) is -0.161. The van der Waals surface area contributed by atoms with Gasteiger partial charge in [0.2, 0.25) is 0 Å². The number of likely N-dealkylation sites (tertiary alicyclic amines) is 1. The Morgan fingerprint density at radius 1 is 1.33 bits per heavy atom. The summed E-state index contributed by atoms with van der Waals surface area (Å²) in [7, 11) is 0. The predicted molar refractivity (Wildman–Crippen MR) is 77.1 cm³/mol. The number of nitrogens with zero attached hydrogens (tertiary/aromatic N) is 1. The first-order chi connectivity index (χ1) is 9.84. The smallest absolute Gasteiger partial charge is 0.317 e. The van der Waals surface area contributed by atoms with Crippen LogP contribution in [0.4, 0.5) is 4.79 Å². The number of carbonyl (C=O) groups excluding carboxylic acids is 1. The number of aliphatic hydroxyl groups is 1. The van der Waals surface area contributed by atoms with E-state index in [-0.39, 0.29) is 25.2 Å². The van der Waals surface area contributed by atoms with Crippen molar-refractivity contribution in [3.63, 3.8) is 0 Å². The van der Waals surface area contributed by atoms with Crippen molar-refractivity contribution in [3.8, 4) is 0 Å². The van der Waals surface area contributed by atoms with E-state index in [1.165, 1.54) is 0 Å². The largest absolute Gasteiger partial charge is 0.481 e. The van der Waals surface area contributed by atoms with Gasteiger partial charge in [0.05, 0.1) is 19.3 Å². The fraction of sp³-hybridized carbons (Fsp3) is 0.857. The number of nitrogens with one attached hydrogen (secondary N) is 1. The number of hydrogen-bond acceptors (Lipinski definition) is 4. The quantitative estimate of drug-likeness (QED) is 0.646. The zero-order chi connectivity index (χ0) is 15.9. The van der Waals surface area contributed by atoms with Crippen LogP contribution in [0.15, 0.2) is 0 Å². The van der Waals surface area contributed by atoms with Crippen LogP contribution in [0.2, 0.25) is 0 Å². The molecule has 0 aliphatic carbocycles. The highest BCUT2D eigenvalue weighted by molar-refractivity contribution is 5.75. The van der Waals surface area contributed by atoms with Crippen LogP contribution in [-0.4, -0.2) is 65.1 Å². The van der Waals surface area contributed by atoms with Crippen molar-refractivity contribution in [1.82, 2.24) is 10.2 Å². The van der Waals surface area contributed by atoms with Crippen LogP contribution >= 0.6 is 0 Å². The summed E-state index contributed by atoms with van der Waals surface area (Å²) in [5, 5.41) is 20.3. The molecular weight excluding hydrogens is 276 g/mol. The molecule has 0 spiro atoms. The monoisotopic (exact) mass is 302 g/mol. The summed E-state index contributed by atoms with van der Waals surface area (Å²) in [4.78, 5) is 24.5. The Bertz CT molecular complexity index is 351. The third-order valence-electron chi connectivity index (χ3n) is 3.58. The summed E-state index contributed by atoms with van der Waals surface area (Å²) in [5.41, 5.74) is -0.542. The number of carboxylic acid groups (broad SMARTS) is 1. The van der Waals surface area contributed by atoms with E-state index in [4.69, 9.17) is 14.9 Å². The van der Waals surface area contributed by atoms with E-state index in [2.05, 4.69) is 5.32 Å². The van der Waals surface area contributed by atoms with E-state index in [1.807, 2.05) is 13.8 Å². The van der Waals surface area contributed by atoms with E-state index < -0.39 is 11.5 Å². The molecule has 0 unspecified atom stereocenters. The summed E-state index contributed by atoms with van der Waals surface area (Å²) in [6.07, 6.45) is 2.03. The first kappa shape index (κ1) is 17.7. The highest BCUT2D eigenvalue weighted by Gasteiger charge is 2.27.